The Hall–Kier alpha value is -2.41. The van der Waals surface area contributed by atoms with E-state index in [1.165, 1.54) is 6.26 Å². The fraction of sp³-hybridized carbons (Fsp3) is 0.294. The fourth-order valence-electron chi connectivity index (χ4n) is 2.16. The van der Waals surface area contributed by atoms with Crippen molar-refractivity contribution < 1.29 is 17.9 Å². The molecule has 1 N–H and O–H groups in total. The minimum absolute atomic E-state index is 0.0394. The van der Waals surface area contributed by atoms with E-state index >= 15 is 0 Å². The number of benzene rings is 1. The standard InChI is InChI=1S/C17H20N2O4S/c1-3-23-17-15(5-4-10-18-17)11-19-16(20)14-8-6-13(7-9-14)12-24(2,21)22/h4-10H,3,11-12H2,1-2H3,(H,19,20). The molecule has 0 spiro atoms. The summed E-state index contributed by atoms with van der Waals surface area (Å²) in [5.41, 5.74) is 1.91. The summed E-state index contributed by atoms with van der Waals surface area (Å²) >= 11 is 0. The van der Waals surface area contributed by atoms with Gasteiger partial charge in [0.2, 0.25) is 5.88 Å². The van der Waals surface area contributed by atoms with Gasteiger partial charge in [0.1, 0.15) is 0 Å². The molecule has 0 aliphatic heterocycles. The molecule has 0 radical (unpaired) electrons. The van der Waals surface area contributed by atoms with Gasteiger partial charge in [0.05, 0.1) is 12.4 Å². The highest BCUT2D eigenvalue weighted by Gasteiger charge is 2.10. The molecule has 6 nitrogen and oxygen atoms in total. The first-order valence-electron chi connectivity index (χ1n) is 7.50. The Kier molecular flexibility index (Phi) is 5.92. The molecule has 1 aromatic carbocycles. The third-order valence-corrected chi connectivity index (χ3v) is 4.07. The summed E-state index contributed by atoms with van der Waals surface area (Å²) in [6.07, 6.45) is 2.81. The second-order valence-electron chi connectivity index (χ2n) is 5.35. The molecule has 24 heavy (non-hydrogen) atoms. The van der Waals surface area contributed by atoms with Gasteiger partial charge in [-0.25, -0.2) is 13.4 Å². The van der Waals surface area contributed by atoms with Gasteiger partial charge in [-0.15, -0.1) is 0 Å². The van der Waals surface area contributed by atoms with E-state index in [1.807, 2.05) is 13.0 Å². The molecule has 2 rings (SSSR count). The summed E-state index contributed by atoms with van der Waals surface area (Å²) in [4.78, 5) is 16.3. The van der Waals surface area contributed by atoms with Gasteiger partial charge in [0.25, 0.3) is 5.91 Å². The summed E-state index contributed by atoms with van der Waals surface area (Å²) in [5.74, 6) is 0.221. The van der Waals surface area contributed by atoms with E-state index in [9.17, 15) is 13.2 Å². The zero-order valence-electron chi connectivity index (χ0n) is 13.7. The summed E-state index contributed by atoms with van der Waals surface area (Å²) in [6.45, 7) is 2.67. The molecule has 0 fully saturated rings. The van der Waals surface area contributed by atoms with Crippen LogP contribution < -0.4 is 10.1 Å². The van der Waals surface area contributed by atoms with E-state index in [0.29, 0.717) is 30.2 Å². The minimum Gasteiger partial charge on any atom is -0.478 e. The Morgan fingerprint density at radius 1 is 1.21 bits per heavy atom. The number of carbonyl (C=O) groups is 1. The van der Waals surface area contributed by atoms with Crippen molar-refractivity contribution in [3.8, 4) is 5.88 Å². The summed E-state index contributed by atoms with van der Waals surface area (Å²) in [6, 6.07) is 10.1. The van der Waals surface area contributed by atoms with Crippen LogP contribution >= 0.6 is 0 Å². The second-order valence-corrected chi connectivity index (χ2v) is 7.49. The SMILES string of the molecule is CCOc1ncccc1CNC(=O)c1ccc(CS(C)(=O)=O)cc1. The van der Waals surface area contributed by atoms with Crippen LogP contribution in [0.25, 0.3) is 0 Å². The van der Waals surface area contributed by atoms with Gasteiger partial charge in [0, 0.05) is 30.1 Å². The Morgan fingerprint density at radius 3 is 2.54 bits per heavy atom. The first-order valence-corrected chi connectivity index (χ1v) is 9.56. The van der Waals surface area contributed by atoms with Crippen molar-refractivity contribution in [1.29, 1.82) is 0 Å². The maximum absolute atomic E-state index is 12.2. The third kappa shape index (κ3) is 5.34. The van der Waals surface area contributed by atoms with Crippen LogP contribution in [-0.4, -0.2) is 32.2 Å². The van der Waals surface area contributed by atoms with Gasteiger partial charge in [-0.05, 0) is 30.7 Å². The van der Waals surface area contributed by atoms with Crippen molar-refractivity contribution in [2.24, 2.45) is 0 Å². The number of ether oxygens (including phenoxy) is 1. The number of nitrogens with zero attached hydrogens (tertiary/aromatic N) is 1. The van der Waals surface area contributed by atoms with Gasteiger partial charge in [-0.1, -0.05) is 18.2 Å². The summed E-state index contributed by atoms with van der Waals surface area (Å²) in [5, 5.41) is 2.80. The van der Waals surface area contributed by atoms with Crippen molar-refractivity contribution in [3.05, 3.63) is 59.3 Å². The molecule has 0 unspecified atom stereocenters. The number of carbonyl (C=O) groups excluding carboxylic acids is 1. The lowest BCUT2D eigenvalue weighted by atomic mass is 10.1. The monoisotopic (exact) mass is 348 g/mol. The van der Waals surface area contributed by atoms with Crippen molar-refractivity contribution in [2.75, 3.05) is 12.9 Å². The lowest BCUT2D eigenvalue weighted by molar-refractivity contribution is 0.0950. The predicted octanol–water partition coefficient (Wildman–Crippen LogP) is 1.95. The number of aromatic nitrogens is 1. The molecule has 0 aliphatic carbocycles. The molecule has 0 atom stereocenters. The smallest absolute Gasteiger partial charge is 0.251 e. The topological polar surface area (TPSA) is 85.4 Å². The van der Waals surface area contributed by atoms with E-state index in [1.54, 1.807) is 36.5 Å². The van der Waals surface area contributed by atoms with Crippen molar-refractivity contribution in [3.63, 3.8) is 0 Å². The molecule has 7 heteroatoms. The molecule has 1 heterocycles. The van der Waals surface area contributed by atoms with Crippen LogP contribution in [0.5, 0.6) is 5.88 Å². The fourth-order valence-corrected chi connectivity index (χ4v) is 2.96. The second kappa shape index (κ2) is 7.92. The number of nitrogens with one attached hydrogen (secondary N) is 1. The average molecular weight is 348 g/mol. The van der Waals surface area contributed by atoms with Gasteiger partial charge in [-0.2, -0.15) is 0 Å². The lowest BCUT2D eigenvalue weighted by Gasteiger charge is -2.10. The highest BCUT2D eigenvalue weighted by atomic mass is 32.2. The maximum atomic E-state index is 12.2. The first-order chi connectivity index (χ1) is 11.4. The largest absolute Gasteiger partial charge is 0.478 e. The Bertz CT molecular complexity index is 802. The normalized spacial score (nSPS) is 11.1. The molecular formula is C17H20N2O4S. The molecule has 0 saturated carbocycles. The maximum Gasteiger partial charge on any atom is 0.251 e. The van der Waals surface area contributed by atoms with Crippen LogP contribution in [0, 0.1) is 0 Å². The number of hydrogen-bond donors (Lipinski definition) is 1. The quantitative estimate of drug-likeness (QED) is 0.827. The van der Waals surface area contributed by atoms with Crippen LogP contribution in [0.2, 0.25) is 0 Å². The molecule has 0 aliphatic rings. The van der Waals surface area contributed by atoms with Crippen LogP contribution in [0.3, 0.4) is 0 Å². The Balaban J connectivity index is 2.00. The van der Waals surface area contributed by atoms with Gasteiger partial charge in [0.15, 0.2) is 9.84 Å². The van der Waals surface area contributed by atoms with E-state index < -0.39 is 9.84 Å². The molecule has 0 saturated heterocycles. The Labute approximate surface area is 141 Å². The summed E-state index contributed by atoms with van der Waals surface area (Å²) in [7, 11) is -3.09. The zero-order chi connectivity index (χ0) is 17.6. The molecule has 0 bridgehead atoms. The predicted molar refractivity (Wildman–Crippen MR) is 91.6 cm³/mol. The summed E-state index contributed by atoms with van der Waals surface area (Å²) < 4.78 is 28.0. The van der Waals surface area contributed by atoms with E-state index in [2.05, 4.69) is 10.3 Å². The van der Waals surface area contributed by atoms with Crippen molar-refractivity contribution >= 4 is 15.7 Å². The van der Waals surface area contributed by atoms with Gasteiger partial charge in [-0.3, -0.25) is 4.79 Å². The van der Waals surface area contributed by atoms with Gasteiger partial charge >= 0.3 is 0 Å². The average Bonchev–Trinajstić information content (AvgIpc) is 2.53. The van der Waals surface area contributed by atoms with Crippen LogP contribution in [-0.2, 0) is 22.1 Å². The number of sulfone groups is 1. The number of pyridine rings is 1. The van der Waals surface area contributed by atoms with E-state index in [4.69, 9.17) is 4.74 Å². The zero-order valence-corrected chi connectivity index (χ0v) is 14.5. The third-order valence-electron chi connectivity index (χ3n) is 3.22. The highest BCUT2D eigenvalue weighted by molar-refractivity contribution is 7.89. The number of rotatable bonds is 7. The van der Waals surface area contributed by atoms with Crippen LogP contribution in [0.1, 0.15) is 28.4 Å². The molecule has 128 valence electrons. The minimum atomic E-state index is -3.09. The van der Waals surface area contributed by atoms with E-state index in [0.717, 1.165) is 5.56 Å². The first kappa shape index (κ1) is 17.9. The molecule has 1 amide bonds. The van der Waals surface area contributed by atoms with Crippen molar-refractivity contribution in [1.82, 2.24) is 10.3 Å². The van der Waals surface area contributed by atoms with Gasteiger partial charge < -0.3 is 10.1 Å². The highest BCUT2D eigenvalue weighted by Crippen LogP contribution is 2.14. The van der Waals surface area contributed by atoms with Crippen LogP contribution in [0.4, 0.5) is 0 Å². The van der Waals surface area contributed by atoms with Crippen molar-refractivity contribution in [2.45, 2.75) is 19.2 Å². The molecule has 2 aromatic rings. The number of hydrogen-bond acceptors (Lipinski definition) is 5. The lowest BCUT2D eigenvalue weighted by Crippen LogP contribution is -2.23. The molecular weight excluding hydrogens is 328 g/mol. The van der Waals surface area contributed by atoms with Crippen LogP contribution in [0.15, 0.2) is 42.6 Å². The van der Waals surface area contributed by atoms with E-state index in [-0.39, 0.29) is 11.7 Å². The number of amides is 1. The Morgan fingerprint density at radius 2 is 1.92 bits per heavy atom. The molecule has 1 aromatic heterocycles.